The molecule has 170 valence electrons. The van der Waals surface area contributed by atoms with Gasteiger partial charge in [-0.05, 0) is 29.8 Å². The summed E-state index contributed by atoms with van der Waals surface area (Å²) in [4.78, 5) is 13.3. The molecule has 0 radical (unpaired) electrons. The summed E-state index contributed by atoms with van der Waals surface area (Å²) in [6.45, 7) is 0.473. The van der Waals surface area contributed by atoms with Crippen LogP contribution in [0.5, 0.6) is 0 Å². The first-order valence-corrected chi connectivity index (χ1v) is 12.4. The third kappa shape index (κ3) is 4.71. The van der Waals surface area contributed by atoms with Gasteiger partial charge in [-0.2, -0.15) is 0 Å². The fourth-order valence-corrected chi connectivity index (χ4v) is 4.17. The second kappa shape index (κ2) is 8.91. The minimum Gasteiger partial charge on any atom is -0.363 e. The van der Waals surface area contributed by atoms with Gasteiger partial charge in [-0.3, -0.25) is 14.7 Å². The molecule has 0 fully saturated rings. The average Bonchev–Trinajstić information content (AvgIpc) is 3.27. The maximum absolute atomic E-state index is 11.6. The van der Waals surface area contributed by atoms with E-state index in [1.165, 1.54) is 6.20 Å². The van der Waals surface area contributed by atoms with Crippen molar-refractivity contribution >= 4 is 27.0 Å². The summed E-state index contributed by atoms with van der Waals surface area (Å²) < 4.78 is 27.5. The maximum Gasteiger partial charge on any atom is 0.229 e. The highest BCUT2D eigenvalue weighted by Gasteiger charge is 2.16. The number of fused-ring (bicyclic) bond motifs is 1. The zero-order valence-electron chi connectivity index (χ0n) is 18.3. The first kappa shape index (κ1) is 21.5. The van der Waals surface area contributed by atoms with Gasteiger partial charge in [-0.25, -0.2) is 17.9 Å². The van der Waals surface area contributed by atoms with Crippen LogP contribution in [0.4, 0.5) is 11.5 Å². The number of anilines is 2. The van der Waals surface area contributed by atoms with Crippen molar-refractivity contribution in [2.75, 3.05) is 16.3 Å². The van der Waals surface area contributed by atoms with Crippen molar-refractivity contribution in [2.45, 2.75) is 6.54 Å². The highest BCUT2D eigenvalue weighted by Crippen LogP contribution is 2.31. The van der Waals surface area contributed by atoms with Gasteiger partial charge in [0.1, 0.15) is 5.52 Å². The topological polar surface area (TPSA) is 114 Å². The van der Waals surface area contributed by atoms with Gasteiger partial charge in [-0.1, -0.05) is 36.4 Å². The van der Waals surface area contributed by atoms with Crippen molar-refractivity contribution in [3.8, 4) is 22.5 Å². The van der Waals surface area contributed by atoms with Crippen LogP contribution < -0.4 is 10.0 Å². The lowest BCUT2D eigenvalue weighted by atomic mass is 10.1. The molecule has 0 bridgehead atoms. The summed E-state index contributed by atoms with van der Waals surface area (Å²) in [6.07, 6.45) is 7.75. The van der Waals surface area contributed by atoms with Gasteiger partial charge in [0, 0.05) is 29.7 Å². The number of sulfonamides is 1. The van der Waals surface area contributed by atoms with E-state index < -0.39 is 10.0 Å². The van der Waals surface area contributed by atoms with Crippen molar-refractivity contribution in [2.24, 2.45) is 0 Å². The molecule has 4 heterocycles. The van der Waals surface area contributed by atoms with E-state index in [1.54, 1.807) is 23.0 Å². The molecule has 2 N–H and O–H groups in total. The van der Waals surface area contributed by atoms with Crippen molar-refractivity contribution in [3.05, 3.63) is 91.1 Å². The van der Waals surface area contributed by atoms with Crippen LogP contribution in [0, 0.1) is 0 Å². The molecule has 4 aromatic heterocycles. The van der Waals surface area contributed by atoms with Crippen molar-refractivity contribution in [1.29, 1.82) is 0 Å². The molecule has 0 aliphatic rings. The largest absolute Gasteiger partial charge is 0.363 e. The molecule has 0 amide bonds. The van der Waals surface area contributed by atoms with Crippen LogP contribution in [0.1, 0.15) is 5.69 Å². The monoisotopic (exact) mass is 471 g/mol. The first-order chi connectivity index (χ1) is 16.5. The van der Waals surface area contributed by atoms with Gasteiger partial charge in [0.25, 0.3) is 0 Å². The summed E-state index contributed by atoms with van der Waals surface area (Å²) in [7, 11) is -3.44. The minimum absolute atomic E-state index is 0.337. The van der Waals surface area contributed by atoms with E-state index >= 15 is 0 Å². The Labute approximate surface area is 196 Å². The Morgan fingerprint density at radius 3 is 2.56 bits per heavy atom. The Morgan fingerprint density at radius 1 is 0.971 bits per heavy atom. The lowest BCUT2D eigenvalue weighted by Crippen LogP contribution is -2.10. The Morgan fingerprint density at radius 2 is 1.79 bits per heavy atom. The SMILES string of the molecule is CS(=O)(=O)Nc1cncc(-c2nc(NCc3ccccn3)c3c(-c4ccccc4)ccn3n2)c1. The molecule has 0 aliphatic carbocycles. The van der Waals surface area contributed by atoms with E-state index in [1.807, 2.05) is 60.8 Å². The number of pyridine rings is 2. The molecular weight excluding hydrogens is 450 g/mol. The standard InChI is InChI=1S/C24H21N7O2S/c1-34(32,33)30-20-13-18(14-25-15-20)23-28-24(27-16-19-9-5-6-11-26-19)22-21(10-12-31(22)29-23)17-7-3-2-4-8-17/h2-15,30H,16H2,1H3,(H,27,28,29). The van der Waals surface area contributed by atoms with E-state index in [4.69, 9.17) is 4.98 Å². The van der Waals surface area contributed by atoms with Crippen LogP contribution in [-0.4, -0.2) is 39.2 Å². The number of nitrogens with zero attached hydrogens (tertiary/aromatic N) is 5. The molecule has 0 unspecified atom stereocenters. The molecule has 0 saturated carbocycles. The molecule has 5 aromatic rings. The predicted octanol–water partition coefficient (Wildman–Crippen LogP) is 3.84. The zero-order chi connectivity index (χ0) is 23.5. The highest BCUT2D eigenvalue weighted by molar-refractivity contribution is 7.92. The predicted molar refractivity (Wildman–Crippen MR) is 132 cm³/mol. The molecule has 5 rings (SSSR count). The average molecular weight is 472 g/mol. The number of rotatable bonds is 7. The van der Waals surface area contributed by atoms with E-state index in [0.717, 1.165) is 28.6 Å². The zero-order valence-corrected chi connectivity index (χ0v) is 19.1. The van der Waals surface area contributed by atoms with E-state index in [0.29, 0.717) is 29.4 Å². The minimum atomic E-state index is -3.44. The van der Waals surface area contributed by atoms with Crippen molar-refractivity contribution in [1.82, 2.24) is 24.6 Å². The van der Waals surface area contributed by atoms with Gasteiger partial charge >= 0.3 is 0 Å². The number of hydrogen-bond donors (Lipinski definition) is 2. The summed E-state index contributed by atoms with van der Waals surface area (Å²) in [5, 5.41) is 8.07. The van der Waals surface area contributed by atoms with Gasteiger partial charge in [-0.15, -0.1) is 5.10 Å². The van der Waals surface area contributed by atoms with Crippen molar-refractivity contribution in [3.63, 3.8) is 0 Å². The molecule has 0 atom stereocenters. The van der Waals surface area contributed by atoms with Crippen LogP contribution in [0.25, 0.3) is 28.0 Å². The lowest BCUT2D eigenvalue weighted by Gasteiger charge is -2.12. The normalized spacial score (nSPS) is 11.4. The fraction of sp³-hybridized carbons (Fsp3) is 0.0833. The number of aromatic nitrogens is 5. The summed E-state index contributed by atoms with van der Waals surface area (Å²) in [5.74, 6) is 1.02. The fourth-order valence-electron chi connectivity index (χ4n) is 3.63. The quantitative estimate of drug-likeness (QED) is 0.371. The lowest BCUT2D eigenvalue weighted by molar-refractivity contribution is 0.607. The van der Waals surface area contributed by atoms with Crippen LogP contribution in [0.3, 0.4) is 0 Å². The summed E-state index contributed by atoms with van der Waals surface area (Å²) >= 11 is 0. The van der Waals surface area contributed by atoms with Crippen LogP contribution in [0.2, 0.25) is 0 Å². The molecule has 1 aromatic carbocycles. The van der Waals surface area contributed by atoms with Crippen LogP contribution in [0.15, 0.2) is 85.5 Å². The van der Waals surface area contributed by atoms with Crippen molar-refractivity contribution < 1.29 is 8.42 Å². The molecule has 9 nitrogen and oxygen atoms in total. The van der Waals surface area contributed by atoms with Gasteiger partial charge < -0.3 is 5.32 Å². The number of benzene rings is 1. The maximum atomic E-state index is 11.6. The highest BCUT2D eigenvalue weighted by atomic mass is 32.2. The summed E-state index contributed by atoms with van der Waals surface area (Å²) in [5.41, 5.74) is 4.64. The third-order valence-corrected chi connectivity index (χ3v) is 5.67. The summed E-state index contributed by atoms with van der Waals surface area (Å²) in [6, 6.07) is 19.4. The Hall–Kier alpha value is -4.31. The molecular formula is C24H21N7O2S. The molecule has 0 spiro atoms. The van der Waals surface area contributed by atoms with E-state index in [9.17, 15) is 8.42 Å². The molecule has 10 heteroatoms. The van der Waals surface area contributed by atoms with Gasteiger partial charge in [0.05, 0.1) is 30.4 Å². The Kier molecular flexibility index (Phi) is 5.64. The van der Waals surface area contributed by atoms with Gasteiger partial charge in [0.15, 0.2) is 11.6 Å². The second-order valence-electron chi connectivity index (χ2n) is 7.68. The third-order valence-electron chi connectivity index (χ3n) is 5.06. The van der Waals surface area contributed by atoms with E-state index in [2.05, 4.69) is 25.1 Å². The molecule has 0 saturated heterocycles. The molecule has 0 aliphatic heterocycles. The smallest absolute Gasteiger partial charge is 0.229 e. The van der Waals surface area contributed by atoms with Crippen LogP contribution in [-0.2, 0) is 16.6 Å². The first-order valence-electron chi connectivity index (χ1n) is 10.5. The van der Waals surface area contributed by atoms with E-state index in [-0.39, 0.29) is 0 Å². The van der Waals surface area contributed by atoms with Crippen LogP contribution >= 0.6 is 0 Å². The molecule has 34 heavy (non-hydrogen) atoms. The number of hydrogen-bond acceptors (Lipinski definition) is 7. The number of nitrogens with one attached hydrogen (secondary N) is 2. The Balaban J connectivity index is 1.61. The second-order valence-corrected chi connectivity index (χ2v) is 9.43. The Bertz CT molecular complexity index is 1550. The van der Waals surface area contributed by atoms with Gasteiger partial charge in [0.2, 0.25) is 10.0 Å².